The highest BCUT2D eigenvalue weighted by molar-refractivity contribution is 5.63. The zero-order valence-corrected chi connectivity index (χ0v) is 17.6. The highest BCUT2D eigenvalue weighted by atomic mass is 16.5. The maximum absolute atomic E-state index is 12.4. The molecule has 2 heteroatoms. The van der Waals surface area contributed by atoms with Crippen LogP contribution in [-0.2, 0) is 15.8 Å². The summed E-state index contributed by atoms with van der Waals surface area (Å²) in [5, 5.41) is 12.4. The normalized spacial score (nSPS) is 34.2. The van der Waals surface area contributed by atoms with E-state index in [1.807, 2.05) is 13.2 Å². The van der Waals surface area contributed by atoms with Crippen molar-refractivity contribution >= 4 is 0 Å². The second-order valence-corrected chi connectivity index (χ2v) is 9.37. The van der Waals surface area contributed by atoms with Gasteiger partial charge in [-0.1, -0.05) is 78.9 Å². The Morgan fingerprint density at radius 3 is 2.03 bits per heavy atom. The first-order chi connectivity index (χ1) is 14.6. The fraction of sp³-hybridized carbons (Fsp3) is 0.357. The zero-order chi connectivity index (χ0) is 20.5. The second-order valence-electron chi connectivity index (χ2n) is 9.37. The van der Waals surface area contributed by atoms with E-state index in [-0.39, 0.29) is 17.4 Å². The van der Waals surface area contributed by atoms with E-state index in [4.69, 9.17) is 4.74 Å². The lowest BCUT2D eigenvalue weighted by atomic mass is 9.44. The molecule has 30 heavy (non-hydrogen) atoms. The second kappa shape index (κ2) is 6.29. The third-order valence-corrected chi connectivity index (χ3v) is 8.47. The van der Waals surface area contributed by atoms with Crippen molar-refractivity contribution in [1.29, 1.82) is 0 Å². The fourth-order valence-corrected chi connectivity index (χ4v) is 7.46. The zero-order valence-electron chi connectivity index (χ0n) is 17.6. The van der Waals surface area contributed by atoms with Gasteiger partial charge in [0.25, 0.3) is 0 Å². The van der Waals surface area contributed by atoms with Gasteiger partial charge in [0.2, 0.25) is 0 Å². The van der Waals surface area contributed by atoms with Crippen molar-refractivity contribution in [2.24, 2.45) is 11.8 Å². The minimum Gasteiger partial charge on any atom is -0.385 e. The van der Waals surface area contributed by atoms with Crippen molar-refractivity contribution in [3.63, 3.8) is 0 Å². The molecule has 0 aliphatic heterocycles. The molecular formula is C28H28O2. The van der Waals surface area contributed by atoms with Crippen molar-refractivity contribution in [2.45, 2.75) is 42.8 Å². The number of ether oxygens (including phenoxy) is 1. The number of benzene rings is 3. The van der Waals surface area contributed by atoms with Gasteiger partial charge in [-0.2, -0.15) is 0 Å². The van der Waals surface area contributed by atoms with Crippen LogP contribution in [0.5, 0.6) is 0 Å². The Bertz CT molecular complexity index is 1060. The van der Waals surface area contributed by atoms with Crippen molar-refractivity contribution < 1.29 is 9.84 Å². The summed E-state index contributed by atoms with van der Waals surface area (Å²) in [6.45, 7) is 2.19. The molecule has 1 N–H and O–H groups in total. The SMILES string of the molecule is CO[C@@H](C)C12c3ccccc3C(c3ccccc31)[C@@H]1CC[C@](O)(c3ccccc3)[C@@H]12. The predicted molar refractivity (Wildman–Crippen MR) is 119 cm³/mol. The van der Waals surface area contributed by atoms with Gasteiger partial charge in [-0.15, -0.1) is 0 Å². The van der Waals surface area contributed by atoms with E-state index >= 15 is 0 Å². The summed E-state index contributed by atoms with van der Waals surface area (Å²) >= 11 is 0. The van der Waals surface area contributed by atoms with Crippen LogP contribution in [0.15, 0.2) is 78.9 Å². The van der Waals surface area contributed by atoms with Crippen molar-refractivity contribution in [3.05, 3.63) is 107 Å². The van der Waals surface area contributed by atoms with Crippen LogP contribution in [0, 0.1) is 11.8 Å². The largest absolute Gasteiger partial charge is 0.385 e. The molecule has 0 spiro atoms. The molecule has 4 atom stereocenters. The Labute approximate surface area is 178 Å². The van der Waals surface area contributed by atoms with Gasteiger partial charge in [-0.3, -0.25) is 0 Å². The first-order valence-corrected chi connectivity index (χ1v) is 11.1. The van der Waals surface area contributed by atoms with Crippen LogP contribution in [0.1, 0.15) is 53.5 Å². The third kappa shape index (κ3) is 2.01. The van der Waals surface area contributed by atoms with E-state index in [1.165, 1.54) is 22.3 Å². The maximum atomic E-state index is 12.4. The Kier molecular flexibility index (Phi) is 3.85. The first kappa shape index (κ1) is 18.4. The molecule has 3 aromatic carbocycles. The lowest BCUT2D eigenvalue weighted by Crippen LogP contribution is -2.61. The lowest BCUT2D eigenvalue weighted by molar-refractivity contribution is -0.0901. The molecule has 3 aromatic rings. The highest BCUT2D eigenvalue weighted by Gasteiger charge is 2.69. The number of hydrogen-bond acceptors (Lipinski definition) is 2. The molecule has 2 bridgehead atoms. The molecule has 0 saturated heterocycles. The Morgan fingerprint density at radius 1 is 0.867 bits per heavy atom. The van der Waals surface area contributed by atoms with Gasteiger partial charge in [-0.25, -0.2) is 0 Å². The summed E-state index contributed by atoms with van der Waals surface area (Å²) in [6, 6.07) is 28.2. The summed E-state index contributed by atoms with van der Waals surface area (Å²) in [5.41, 5.74) is 5.36. The molecular weight excluding hydrogens is 368 g/mol. The summed E-state index contributed by atoms with van der Waals surface area (Å²) in [7, 11) is 1.82. The molecule has 1 fully saturated rings. The van der Waals surface area contributed by atoms with Gasteiger partial charge >= 0.3 is 0 Å². The van der Waals surface area contributed by atoms with E-state index in [2.05, 4.69) is 79.7 Å². The van der Waals surface area contributed by atoms with E-state index in [1.54, 1.807) is 0 Å². The molecule has 4 aliphatic carbocycles. The van der Waals surface area contributed by atoms with Crippen molar-refractivity contribution in [1.82, 2.24) is 0 Å². The van der Waals surface area contributed by atoms with Crippen LogP contribution in [0.3, 0.4) is 0 Å². The number of methoxy groups -OCH3 is 1. The number of hydrogen-bond donors (Lipinski definition) is 1. The monoisotopic (exact) mass is 396 g/mol. The van der Waals surface area contributed by atoms with Crippen LogP contribution in [0.2, 0.25) is 0 Å². The van der Waals surface area contributed by atoms with Gasteiger partial charge in [0.1, 0.15) is 0 Å². The van der Waals surface area contributed by atoms with Crippen LogP contribution in [-0.4, -0.2) is 18.3 Å². The Balaban J connectivity index is 1.72. The number of rotatable bonds is 3. The van der Waals surface area contributed by atoms with Crippen LogP contribution < -0.4 is 0 Å². The van der Waals surface area contributed by atoms with Crippen molar-refractivity contribution in [3.8, 4) is 0 Å². The Hall–Kier alpha value is -2.42. The molecule has 152 valence electrons. The molecule has 0 radical (unpaired) electrons. The average molecular weight is 397 g/mol. The predicted octanol–water partition coefficient (Wildman–Crippen LogP) is 5.38. The summed E-state index contributed by atoms with van der Waals surface area (Å²) in [4.78, 5) is 0. The molecule has 4 aliphatic rings. The quantitative estimate of drug-likeness (QED) is 0.644. The molecule has 0 heterocycles. The lowest BCUT2D eigenvalue weighted by Gasteiger charge is -2.61. The maximum Gasteiger partial charge on any atom is 0.0940 e. The summed E-state index contributed by atoms with van der Waals surface area (Å²) < 4.78 is 6.15. The standard InChI is InChI=1S/C28H28O2/c1-18(30-2)28-23-14-8-6-12-20(23)25(21-13-7-9-15-24(21)28)22-16-17-27(29,26(22)28)19-10-4-3-5-11-19/h3-15,18,22,25-26,29H,16-17H2,1-2H3/t18-,22-,25?,26+,27-,28?/m0/s1. The van der Waals surface area contributed by atoms with E-state index in [0.29, 0.717) is 11.8 Å². The van der Waals surface area contributed by atoms with Gasteiger partial charge < -0.3 is 9.84 Å². The molecule has 0 amide bonds. The molecule has 2 nitrogen and oxygen atoms in total. The van der Waals surface area contributed by atoms with E-state index < -0.39 is 5.60 Å². The van der Waals surface area contributed by atoms with Gasteiger partial charge in [0.05, 0.1) is 17.1 Å². The van der Waals surface area contributed by atoms with Crippen LogP contribution in [0.25, 0.3) is 0 Å². The van der Waals surface area contributed by atoms with Crippen LogP contribution >= 0.6 is 0 Å². The Morgan fingerprint density at radius 2 is 1.43 bits per heavy atom. The molecule has 0 aromatic heterocycles. The van der Waals surface area contributed by atoms with E-state index in [0.717, 1.165) is 18.4 Å². The van der Waals surface area contributed by atoms with E-state index in [9.17, 15) is 5.11 Å². The number of aliphatic hydroxyl groups is 1. The fourth-order valence-electron chi connectivity index (χ4n) is 7.46. The smallest absolute Gasteiger partial charge is 0.0940 e. The topological polar surface area (TPSA) is 29.5 Å². The highest BCUT2D eigenvalue weighted by Crippen LogP contribution is 2.71. The average Bonchev–Trinajstić information content (AvgIpc) is 3.18. The minimum absolute atomic E-state index is 0.0538. The third-order valence-electron chi connectivity index (χ3n) is 8.47. The minimum atomic E-state index is -0.863. The van der Waals surface area contributed by atoms with Gasteiger partial charge in [0, 0.05) is 18.9 Å². The molecule has 0 unspecified atom stereocenters. The van der Waals surface area contributed by atoms with Gasteiger partial charge in [-0.05, 0) is 53.5 Å². The summed E-state index contributed by atoms with van der Waals surface area (Å²) in [6.07, 6.45) is 1.77. The molecule has 1 saturated carbocycles. The summed E-state index contributed by atoms with van der Waals surface area (Å²) in [5.74, 6) is 0.820. The van der Waals surface area contributed by atoms with Crippen LogP contribution in [0.4, 0.5) is 0 Å². The molecule has 7 rings (SSSR count). The first-order valence-electron chi connectivity index (χ1n) is 11.1. The van der Waals surface area contributed by atoms with Crippen molar-refractivity contribution in [2.75, 3.05) is 7.11 Å². The van der Waals surface area contributed by atoms with Gasteiger partial charge in [0.15, 0.2) is 0 Å².